The highest BCUT2D eigenvalue weighted by atomic mass is 15.0. The third-order valence-electron chi connectivity index (χ3n) is 5.27. The van der Waals surface area contributed by atoms with Gasteiger partial charge < -0.3 is 10.3 Å². The Morgan fingerprint density at radius 2 is 1.58 bits per heavy atom. The Morgan fingerprint density at radius 1 is 0.808 bits per heavy atom. The normalized spacial score (nSPS) is 16.9. The average molecular weight is 336 g/mol. The second kappa shape index (κ2) is 5.92. The number of anilines is 1. The molecule has 1 unspecified atom stereocenters. The lowest BCUT2D eigenvalue weighted by Gasteiger charge is -2.19. The standard InChI is InChI=1S/C24H20N2/c25-21-13-7-15-23-24(21)20-12-4-5-14-22(20)26(23)19-11-6-10-18(16-19)17-8-2-1-3-9-17/h1-9,11-16,18H,10,25H2. The molecule has 0 fully saturated rings. The molecule has 126 valence electrons. The van der Waals surface area contributed by atoms with Crippen LogP contribution in [0.15, 0.2) is 91.0 Å². The molecule has 0 saturated carbocycles. The van der Waals surface area contributed by atoms with Crippen LogP contribution in [0.4, 0.5) is 5.69 Å². The zero-order valence-electron chi connectivity index (χ0n) is 14.5. The summed E-state index contributed by atoms with van der Waals surface area (Å²) in [6.45, 7) is 0. The highest BCUT2D eigenvalue weighted by molar-refractivity contribution is 6.15. The van der Waals surface area contributed by atoms with Gasteiger partial charge in [-0.1, -0.05) is 66.7 Å². The lowest BCUT2D eigenvalue weighted by molar-refractivity contribution is 0.849. The Bertz CT molecular complexity index is 1160. The molecule has 2 nitrogen and oxygen atoms in total. The molecule has 1 aromatic heterocycles. The number of nitrogens with two attached hydrogens (primary N) is 1. The topological polar surface area (TPSA) is 30.9 Å². The number of nitrogens with zero attached hydrogens (tertiary/aromatic N) is 1. The van der Waals surface area contributed by atoms with E-state index < -0.39 is 0 Å². The van der Waals surface area contributed by atoms with Crippen molar-refractivity contribution in [2.24, 2.45) is 0 Å². The smallest absolute Gasteiger partial charge is 0.0561 e. The van der Waals surface area contributed by atoms with Crippen LogP contribution in [0.3, 0.4) is 0 Å². The number of hydrogen-bond acceptors (Lipinski definition) is 1. The summed E-state index contributed by atoms with van der Waals surface area (Å²) in [6, 6.07) is 25.4. The summed E-state index contributed by atoms with van der Waals surface area (Å²) in [5.74, 6) is 0.397. The Kier molecular flexibility index (Phi) is 3.42. The van der Waals surface area contributed by atoms with Crippen LogP contribution in [0, 0.1) is 0 Å². The van der Waals surface area contributed by atoms with E-state index in [1.807, 2.05) is 12.1 Å². The third kappa shape index (κ3) is 2.26. The molecule has 0 bridgehead atoms. The van der Waals surface area contributed by atoms with Crippen LogP contribution in [0.2, 0.25) is 0 Å². The number of rotatable bonds is 2. The van der Waals surface area contributed by atoms with Crippen LogP contribution in [0.5, 0.6) is 0 Å². The molecule has 1 aliphatic carbocycles. The highest BCUT2D eigenvalue weighted by Crippen LogP contribution is 2.37. The zero-order valence-corrected chi connectivity index (χ0v) is 14.5. The first-order valence-electron chi connectivity index (χ1n) is 9.04. The second-order valence-corrected chi connectivity index (χ2v) is 6.84. The first-order chi connectivity index (χ1) is 12.8. The summed E-state index contributed by atoms with van der Waals surface area (Å²) >= 11 is 0. The summed E-state index contributed by atoms with van der Waals surface area (Å²) < 4.78 is 2.34. The van der Waals surface area contributed by atoms with Crippen LogP contribution in [-0.2, 0) is 0 Å². The molecular formula is C24H20N2. The fraction of sp³-hybridized carbons (Fsp3) is 0.0833. The molecule has 1 atom stereocenters. The lowest BCUT2D eigenvalue weighted by Crippen LogP contribution is -2.03. The number of allylic oxidation sites excluding steroid dienone is 4. The molecule has 2 N–H and O–H groups in total. The highest BCUT2D eigenvalue weighted by Gasteiger charge is 2.17. The van der Waals surface area contributed by atoms with E-state index in [0.717, 1.165) is 23.0 Å². The van der Waals surface area contributed by atoms with Gasteiger partial charge in [0.05, 0.1) is 11.0 Å². The molecule has 0 saturated heterocycles. The van der Waals surface area contributed by atoms with Crippen LogP contribution < -0.4 is 5.73 Å². The molecule has 3 aromatic carbocycles. The van der Waals surface area contributed by atoms with Crippen molar-refractivity contribution >= 4 is 33.2 Å². The van der Waals surface area contributed by atoms with E-state index in [-0.39, 0.29) is 0 Å². The summed E-state index contributed by atoms with van der Waals surface area (Å²) in [7, 11) is 0. The van der Waals surface area contributed by atoms with Crippen molar-refractivity contribution in [1.82, 2.24) is 4.57 Å². The zero-order chi connectivity index (χ0) is 17.5. The monoisotopic (exact) mass is 336 g/mol. The summed E-state index contributed by atoms with van der Waals surface area (Å²) in [5.41, 5.74) is 12.1. The molecule has 0 amide bonds. The first kappa shape index (κ1) is 15.0. The van der Waals surface area contributed by atoms with Crippen LogP contribution in [-0.4, -0.2) is 4.57 Å². The number of fused-ring (bicyclic) bond motifs is 3. The maximum Gasteiger partial charge on any atom is 0.0561 e. The van der Waals surface area contributed by atoms with Crippen molar-refractivity contribution in [2.45, 2.75) is 12.3 Å². The number of para-hydroxylation sites is 1. The van der Waals surface area contributed by atoms with E-state index >= 15 is 0 Å². The first-order valence-corrected chi connectivity index (χ1v) is 9.04. The van der Waals surface area contributed by atoms with Crippen LogP contribution >= 0.6 is 0 Å². The van der Waals surface area contributed by atoms with Crippen molar-refractivity contribution in [1.29, 1.82) is 0 Å². The Balaban J connectivity index is 1.77. The van der Waals surface area contributed by atoms with Gasteiger partial charge in [0.15, 0.2) is 0 Å². The predicted octanol–water partition coefficient (Wildman–Crippen LogP) is 5.96. The number of benzene rings is 3. The Labute approximate surface area is 152 Å². The summed E-state index contributed by atoms with van der Waals surface area (Å²) in [5, 5.41) is 2.34. The van der Waals surface area contributed by atoms with E-state index in [4.69, 9.17) is 5.73 Å². The van der Waals surface area contributed by atoms with Crippen LogP contribution in [0.25, 0.3) is 27.5 Å². The van der Waals surface area contributed by atoms with Gasteiger partial charge in [-0.25, -0.2) is 0 Å². The molecule has 1 aliphatic rings. The maximum atomic E-state index is 6.33. The van der Waals surface area contributed by atoms with Crippen LogP contribution in [0.1, 0.15) is 17.9 Å². The van der Waals surface area contributed by atoms with E-state index in [1.54, 1.807) is 0 Å². The van der Waals surface area contributed by atoms with E-state index in [9.17, 15) is 0 Å². The largest absolute Gasteiger partial charge is 0.398 e. The van der Waals surface area contributed by atoms with Gasteiger partial charge in [0.2, 0.25) is 0 Å². The molecule has 0 radical (unpaired) electrons. The Morgan fingerprint density at radius 3 is 2.46 bits per heavy atom. The molecule has 4 aromatic rings. The minimum atomic E-state index is 0.397. The van der Waals surface area contributed by atoms with Crippen molar-refractivity contribution in [3.63, 3.8) is 0 Å². The van der Waals surface area contributed by atoms with Crippen molar-refractivity contribution in [3.05, 3.63) is 96.6 Å². The SMILES string of the molecule is Nc1cccc2c1c1ccccc1n2C1=CC(c2ccccc2)CC=C1. The molecule has 2 heteroatoms. The fourth-order valence-corrected chi connectivity index (χ4v) is 4.07. The van der Waals surface area contributed by atoms with Gasteiger partial charge in [0.1, 0.15) is 0 Å². The van der Waals surface area contributed by atoms with Gasteiger partial charge in [0, 0.05) is 28.1 Å². The van der Waals surface area contributed by atoms with Gasteiger partial charge in [-0.05, 0) is 36.3 Å². The number of nitrogen functional groups attached to an aromatic ring is 1. The minimum Gasteiger partial charge on any atom is -0.398 e. The van der Waals surface area contributed by atoms with Crippen molar-refractivity contribution in [3.8, 4) is 0 Å². The number of hydrogen-bond donors (Lipinski definition) is 1. The molecule has 0 spiro atoms. The second-order valence-electron chi connectivity index (χ2n) is 6.84. The Hall–Kier alpha value is -3.26. The van der Waals surface area contributed by atoms with E-state index in [1.165, 1.54) is 22.2 Å². The predicted molar refractivity (Wildman–Crippen MR) is 111 cm³/mol. The van der Waals surface area contributed by atoms with Crippen molar-refractivity contribution < 1.29 is 0 Å². The molecular weight excluding hydrogens is 316 g/mol. The van der Waals surface area contributed by atoms with Gasteiger partial charge in [0.25, 0.3) is 0 Å². The van der Waals surface area contributed by atoms with Gasteiger partial charge in [-0.2, -0.15) is 0 Å². The van der Waals surface area contributed by atoms with E-state index in [2.05, 4.69) is 83.5 Å². The fourth-order valence-electron chi connectivity index (χ4n) is 4.07. The van der Waals surface area contributed by atoms with Gasteiger partial charge >= 0.3 is 0 Å². The lowest BCUT2D eigenvalue weighted by atomic mass is 9.91. The third-order valence-corrected chi connectivity index (χ3v) is 5.27. The van der Waals surface area contributed by atoms with Gasteiger partial charge in [-0.15, -0.1) is 0 Å². The summed E-state index contributed by atoms with van der Waals surface area (Å²) in [6.07, 6.45) is 7.92. The minimum absolute atomic E-state index is 0.397. The van der Waals surface area contributed by atoms with Crippen molar-refractivity contribution in [2.75, 3.05) is 5.73 Å². The molecule has 26 heavy (non-hydrogen) atoms. The maximum absolute atomic E-state index is 6.33. The van der Waals surface area contributed by atoms with E-state index in [0.29, 0.717) is 5.92 Å². The van der Waals surface area contributed by atoms with Gasteiger partial charge in [-0.3, -0.25) is 0 Å². The molecule has 0 aliphatic heterocycles. The average Bonchev–Trinajstić information content (AvgIpc) is 3.04. The number of aromatic nitrogens is 1. The molecule has 1 heterocycles. The quantitative estimate of drug-likeness (QED) is 0.450. The summed E-state index contributed by atoms with van der Waals surface area (Å²) in [4.78, 5) is 0. The molecule has 5 rings (SSSR count).